The zero-order valence-corrected chi connectivity index (χ0v) is 12.4. The lowest BCUT2D eigenvalue weighted by Gasteiger charge is -2.20. The Balaban J connectivity index is 1.93. The summed E-state index contributed by atoms with van der Waals surface area (Å²) in [6.45, 7) is 5.38. The number of carbonyl (C=O) groups is 2. The van der Waals surface area contributed by atoms with Gasteiger partial charge in [0.05, 0.1) is 0 Å². The maximum Gasteiger partial charge on any atom is 0.412 e. The maximum atomic E-state index is 11.6. The van der Waals surface area contributed by atoms with Gasteiger partial charge in [-0.1, -0.05) is 0 Å². The van der Waals surface area contributed by atoms with Crippen LogP contribution < -0.4 is 10.6 Å². The molecule has 1 aromatic carbocycles. The predicted octanol–water partition coefficient (Wildman–Crippen LogP) is 3.06. The number of amides is 1. The molecule has 0 aromatic heterocycles. The number of benzene rings is 1. The van der Waals surface area contributed by atoms with Crippen molar-refractivity contribution in [2.24, 2.45) is 0 Å². The molecule has 21 heavy (non-hydrogen) atoms. The van der Waals surface area contributed by atoms with E-state index in [1.165, 1.54) is 0 Å². The molecule has 1 fully saturated rings. The highest BCUT2D eigenvalue weighted by Gasteiger charge is 2.50. The van der Waals surface area contributed by atoms with Gasteiger partial charge in [-0.05, 0) is 57.9 Å². The first-order chi connectivity index (χ1) is 9.70. The summed E-state index contributed by atoms with van der Waals surface area (Å²) >= 11 is 0. The number of carbonyl (C=O) groups excluding carboxylic acids is 1. The van der Waals surface area contributed by atoms with E-state index in [0.717, 1.165) is 0 Å². The Labute approximate surface area is 123 Å². The van der Waals surface area contributed by atoms with Gasteiger partial charge in [-0.25, -0.2) is 9.59 Å². The molecule has 114 valence electrons. The van der Waals surface area contributed by atoms with Gasteiger partial charge in [0.15, 0.2) is 0 Å². The maximum absolute atomic E-state index is 11.6. The van der Waals surface area contributed by atoms with Crippen molar-refractivity contribution in [2.75, 3.05) is 10.6 Å². The molecule has 0 spiro atoms. The van der Waals surface area contributed by atoms with Crippen LogP contribution in [-0.4, -0.2) is 28.3 Å². The van der Waals surface area contributed by atoms with Crippen molar-refractivity contribution in [3.63, 3.8) is 0 Å². The number of hydrogen-bond acceptors (Lipinski definition) is 4. The van der Waals surface area contributed by atoms with Gasteiger partial charge in [-0.15, -0.1) is 0 Å². The minimum absolute atomic E-state index is 0.521. The number of aliphatic carboxylic acids is 1. The number of hydrogen-bond donors (Lipinski definition) is 3. The molecule has 2 rings (SSSR count). The molecule has 0 radical (unpaired) electrons. The van der Waals surface area contributed by atoms with Crippen LogP contribution in [0.2, 0.25) is 0 Å². The lowest BCUT2D eigenvalue weighted by Crippen LogP contribution is -2.31. The quantitative estimate of drug-likeness (QED) is 0.793. The van der Waals surface area contributed by atoms with E-state index in [1.807, 2.05) is 0 Å². The molecule has 1 aromatic rings. The third kappa shape index (κ3) is 4.11. The number of carboxylic acids is 1. The molecule has 1 saturated carbocycles. The topological polar surface area (TPSA) is 87.7 Å². The molecular formula is C15H20N2O4. The Hall–Kier alpha value is -2.24. The van der Waals surface area contributed by atoms with E-state index >= 15 is 0 Å². The van der Waals surface area contributed by atoms with Gasteiger partial charge < -0.3 is 15.2 Å². The molecule has 0 atom stereocenters. The van der Waals surface area contributed by atoms with Crippen LogP contribution in [0, 0.1) is 0 Å². The minimum atomic E-state index is -0.835. The molecule has 0 aliphatic heterocycles. The van der Waals surface area contributed by atoms with Gasteiger partial charge in [0, 0.05) is 11.4 Å². The van der Waals surface area contributed by atoms with Gasteiger partial charge >= 0.3 is 12.1 Å². The first-order valence-electron chi connectivity index (χ1n) is 6.82. The fraction of sp³-hybridized carbons (Fsp3) is 0.467. The highest BCUT2D eigenvalue weighted by Crippen LogP contribution is 2.39. The molecule has 0 heterocycles. The van der Waals surface area contributed by atoms with Crippen molar-refractivity contribution in [1.29, 1.82) is 0 Å². The Morgan fingerprint density at radius 3 is 2.10 bits per heavy atom. The van der Waals surface area contributed by atoms with Crippen LogP contribution in [0.4, 0.5) is 16.2 Å². The van der Waals surface area contributed by atoms with E-state index in [2.05, 4.69) is 10.6 Å². The Kier molecular flexibility index (Phi) is 3.80. The summed E-state index contributed by atoms with van der Waals surface area (Å²) in [5, 5.41) is 14.7. The fourth-order valence-electron chi connectivity index (χ4n) is 1.85. The second-order valence-electron chi connectivity index (χ2n) is 6.22. The van der Waals surface area contributed by atoms with Gasteiger partial charge in [-0.3, -0.25) is 5.32 Å². The summed E-state index contributed by atoms with van der Waals surface area (Å²) < 4.78 is 5.15. The van der Waals surface area contributed by atoms with Crippen LogP contribution >= 0.6 is 0 Å². The molecule has 0 saturated heterocycles. The summed E-state index contributed by atoms with van der Waals surface area (Å²) in [5.74, 6) is -0.835. The number of ether oxygens (including phenoxy) is 1. The van der Waals surface area contributed by atoms with Crippen LogP contribution in [0.3, 0.4) is 0 Å². The molecule has 6 nitrogen and oxygen atoms in total. The zero-order valence-electron chi connectivity index (χ0n) is 12.4. The van der Waals surface area contributed by atoms with E-state index < -0.39 is 23.2 Å². The highest BCUT2D eigenvalue weighted by atomic mass is 16.6. The van der Waals surface area contributed by atoms with Crippen molar-refractivity contribution >= 4 is 23.4 Å². The van der Waals surface area contributed by atoms with E-state index in [1.54, 1.807) is 45.0 Å². The number of carboxylic acid groups (broad SMARTS) is 1. The van der Waals surface area contributed by atoms with E-state index in [4.69, 9.17) is 9.84 Å². The molecule has 0 unspecified atom stereocenters. The van der Waals surface area contributed by atoms with Crippen molar-refractivity contribution in [1.82, 2.24) is 0 Å². The first-order valence-corrected chi connectivity index (χ1v) is 6.82. The van der Waals surface area contributed by atoms with Crippen molar-refractivity contribution in [3.8, 4) is 0 Å². The first kappa shape index (κ1) is 15.2. The average molecular weight is 292 g/mol. The lowest BCUT2D eigenvalue weighted by atomic mass is 10.2. The molecular weight excluding hydrogens is 272 g/mol. The smallest absolute Gasteiger partial charge is 0.412 e. The molecule has 1 aliphatic rings. The van der Waals surface area contributed by atoms with Crippen LogP contribution in [0.1, 0.15) is 33.6 Å². The van der Waals surface area contributed by atoms with Gasteiger partial charge in [0.1, 0.15) is 11.1 Å². The Morgan fingerprint density at radius 2 is 1.67 bits per heavy atom. The zero-order chi connectivity index (χ0) is 15.7. The SMILES string of the molecule is CC(C)(C)OC(=O)Nc1ccc(NC2(C(=O)O)CC2)cc1. The second-order valence-corrected chi connectivity index (χ2v) is 6.22. The molecule has 0 bridgehead atoms. The molecule has 1 aliphatic carbocycles. The van der Waals surface area contributed by atoms with Crippen LogP contribution in [-0.2, 0) is 9.53 Å². The van der Waals surface area contributed by atoms with Crippen molar-refractivity contribution in [3.05, 3.63) is 24.3 Å². The third-order valence-electron chi connectivity index (χ3n) is 3.07. The normalized spacial score (nSPS) is 16.0. The summed E-state index contributed by atoms with van der Waals surface area (Å²) in [6, 6.07) is 6.86. The Bertz CT molecular complexity index is 542. The summed E-state index contributed by atoms with van der Waals surface area (Å²) in [7, 11) is 0. The second kappa shape index (κ2) is 5.27. The lowest BCUT2D eigenvalue weighted by molar-refractivity contribution is -0.138. The number of anilines is 2. The fourth-order valence-corrected chi connectivity index (χ4v) is 1.85. The van der Waals surface area contributed by atoms with Gasteiger partial charge in [0.25, 0.3) is 0 Å². The van der Waals surface area contributed by atoms with Gasteiger partial charge in [-0.2, -0.15) is 0 Å². The summed E-state index contributed by atoms with van der Waals surface area (Å²) in [6.07, 6.45) is 0.730. The van der Waals surface area contributed by atoms with Crippen LogP contribution in [0.25, 0.3) is 0 Å². The van der Waals surface area contributed by atoms with Crippen molar-refractivity contribution < 1.29 is 19.4 Å². The third-order valence-corrected chi connectivity index (χ3v) is 3.07. The molecule has 1 amide bonds. The average Bonchev–Trinajstić information content (AvgIpc) is 3.10. The van der Waals surface area contributed by atoms with Crippen LogP contribution in [0.5, 0.6) is 0 Å². The molecule has 6 heteroatoms. The summed E-state index contributed by atoms with van der Waals surface area (Å²) in [4.78, 5) is 22.7. The Morgan fingerprint density at radius 1 is 1.14 bits per heavy atom. The standard InChI is InChI=1S/C15H20N2O4/c1-14(2,3)21-13(20)16-10-4-6-11(7-5-10)17-15(8-9-15)12(18)19/h4-7,17H,8-9H2,1-3H3,(H,16,20)(H,18,19). The summed E-state index contributed by atoms with van der Waals surface area (Å²) in [5.41, 5.74) is -0.0643. The number of nitrogens with one attached hydrogen (secondary N) is 2. The van der Waals surface area contributed by atoms with E-state index in [0.29, 0.717) is 24.2 Å². The number of rotatable bonds is 4. The highest BCUT2D eigenvalue weighted by molar-refractivity contribution is 5.87. The van der Waals surface area contributed by atoms with E-state index in [-0.39, 0.29) is 0 Å². The predicted molar refractivity (Wildman–Crippen MR) is 79.5 cm³/mol. The largest absolute Gasteiger partial charge is 0.480 e. The van der Waals surface area contributed by atoms with Crippen molar-refractivity contribution in [2.45, 2.75) is 44.8 Å². The van der Waals surface area contributed by atoms with Crippen LogP contribution in [0.15, 0.2) is 24.3 Å². The minimum Gasteiger partial charge on any atom is -0.480 e. The van der Waals surface area contributed by atoms with Gasteiger partial charge in [0.2, 0.25) is 0 Å². The monoisotopic (exact) mass is 292 g/mol. The molecule has 3 N–H and O–H groups in total. The van der Waals surface area contributed by atoms with E-state index in [9.17, 15) is 9.59 Å².